The quantitative estimate of drug-likeness (QED) is 0.806. The number of rotatable bonds is 2. The molecule has 1 aromatic carbocycles. The number of aryl methyl sites for hydroxylation is 1. The predicted molar refractivity (Wildman–Crippen MR) is 56.2 cm³/mol. The van der Waals surface area contributed by atoms with Crippen LogP contribution in [0.25, 0.3) is 0 Å². The molecule has 3 nitrogen and oxygen atoms in total. The smallest absolute Gasteiger partial charge is 0.307 e. The number of carboxylic acid groups (broad SMARTS) is 1. The van der Waals surface area contributed by atoms with E-state index < -0.39 is 11.6 Å². The van der Waals surface area contributed by atoms with Crippen molar-refractivity contribution in [2.75, 3.05) is 0 Å². The van der Waals surface area contributed by atoms with Crippen LogP contribution in [0.2, 0.25) is 0 Å². The summed E-state index contributed by atoms with van der Waals surface area (Å²) in [5.41, 5.74) is 1.65. The normalized spacial score (nSPS) is 23.3. The van der Waals surface area contributed by atoms with Crippen LogP contribution in [0.5, 0.6) is 5.75 Å². The molecule has 1 N–H and O–H groups in total. The molecule has 0 saturated carbocycles. The highest BCUT2D eigenvalue weighted by Crippen LogP contribution is 2.37. The first-order valence-corrected chi connectivity index (χ1v) is 4.99. The van der Waals surface area contributed by atoms with Gasteiger partial charge in [0.05, 0.1) is 6.42 Å². The second-order valence-corrected chi connectivity index (χ2v) is 4.41. The van der Waals surface area contributed by atoms with Gasteiger partial charge in [0.15, 0.2) is 0 Å². The topological polar surface area (TPSA) is 46.5 Å². The summed E-state index contributed by atoms with van der Waals surface area (Å²) >= 11 is 0. The Morgan fingerprint density at radius 3 is 3.00 bits per heavy atom. The maximum absolute atomic E-state index is 10.7. The van der Waals surface area contributed by atoms with Gasteiger partial charge >= 0.3 is 5.97 Å². The van der Waals surface area contributed by atoms with E-state index in [1.165, 1.54) is 0 Å². The third kappa shape index (κ3) is 1.96. The molecule has 0 amide bonds. The average molecular weight is 206 g/mol. The number of fused-ring (bicyclic) bond motifs is 1. The van der Waals surface area contributed by atoms with E-state index >= 15 is 0 Å². The Labute approximate surface area is 88.7 Å². The number of carbonyl (C=O) groups is 1. The predicted octanol–water partition coefficient (Wildman–Crippen LogP) is 2.16. The van der Waals surface area contributed by atoms with Crippen LogP contribution in [0.3, 0.4) is 0 Å². The van der Waals surface area contributed by atoms with E-state index in [9.17, 15) is 4.79 Å². The molecule has 3 heteroatoms. The molecule has 0 aromatic heterocycles. The SMILES string of the molecule is Cc1ccc2c(c1)OC(C)(CC(=O)O)C2. The number of carboxylic acids is 1. The van der Waals surface area contributed by atoms with Crippen molar-refractivity contribution >= 4 is 5.97 Å². The lowest BCUT2D eigenvalue weighted by Gasteiger charge is -2.21. The van der Waals surface area contributed by atoms with Gasteiger partial charge in [0.2, 0.25) is 0 Å². The van der Waals surface area contributed by atoms with Crippen LogP contribution >= 0.6 is 0 Å². The lowest BCUT2D eigenvalue weighted by molar-refractivity contribution is -0.140. The highest BCUT2D eigenvalue weighted by molar-refractivity contribution is 5.68. The van der Waals surface area contributed by atoms with Gasteiger partial charge in [-0.05, 0) is 31.0 Å². The molecule has 0 saturated heterocycles. The molecule has 1 heterocycles. The number of hydrogen-bond donors (Lipinski definition) is 1. The number of ether oxygens (including phenoxy) is 1. The summed E-state index contributed by atoms with van der Waals surface area (Å²) in [5.74, 6) is 0.0146. The molecule has 0 bridgehead atoms. The van der Waals surface area contributed by atoms with E-state index in [-0.39, 0.29) is 6.42 Å². The fourth-order valence-electron chi connectivity index (χ4n) is 2.03. The van der Waals surface area contributed by atoms with E-state index in [2.05, 4.69) is 0 Å². The van der Waals surface area contributed by atoms with Gasteiger partial charge in [0.1, 0.15) is 11.4 Å². The average Bonchev–Trinajstić information content (AvgIpc) is 2.38. The van der Waals surface area contributed by atoms with Crippen LogP contribution in [0.15, 0.2) is 18.2 Å². The van der Waals surface area contributed by atoms with Gasteiger partial charge in [-0.3, -0.25) is 4.79 Å². The number of aliphatic carboxylic acids is 1. The van der Waals surface area contributed by atoms with Crippen LogP contribution in [-0.4, -0.2) is 16.7 Å². The third-order valence-electron chi connectivity index (χ3n) is 2.67. The van der Waals surface area contributed by atoms with Gasteiger partial charge in [-0.25, -0.2) is 0 Å². The maximum Gasteiger partial charge on any atom is 0.307 e. The van der Waals surface area contributed by atoms with Crippen molar-refractivity contribution in [3.63, 3.8) is 0 Å². The minimum atomic E-state index is -0.818. The van der Waals surface area contributed by atoms with E-state index in [1.54, 1.807) is 0 Å². The molecule has 1 aromatic rings. The molecule has 0 aliphatic carbocycles. The molecule has 0 spiro atoms. The zero-order valence-corrected chi connectivity index (χ0v) is 8.91. The molecule has 2 rings (SSSR count). The molecule has 1 aliphatic rings. The Hall–Kier alpha value is -1.51. The second-order valence-electron chi connectivity index (χ2n) is 4.41. The summed E-state index contributed by atoms with van der Waals surface area (Å²) in [6.07, 6.45) is 0.718. The molecule has 1 atom stereocenters. The van der Waals surface area contributed by atoms with E-state index in [0.717, 1.165) is 16.9 Å². The molecule has 0 fully saturated rings. The second kappa shape index (κ2) is 3.26. The summed E-state index contributed by atoms with van der Waals surface area (Å²) < 4.78 is 5.71. The summed E-state index contributed by atoms with van der Waals surface area (Å²) in [7, 11) is 0. The summed E-state index contributed by atoms with van der Waals surface area (Å²) in [5, 5.41) is 8.79. The minimum Gasteiger partial charge on any atom is -0.486 e. The summed E-state index contributed by atoms with van der Waals surface area (Å²) in [6, 6.07) is 5.99. The fourth-order valence-corrected chi connectivity index (χ4v) is 2.03. The molecule has 80 valence electrons. The lowest BCUT2D eigenvalue weighted by Crippen LogP contribution is -2.33. The van der Waals surface area contributed by atoms with Crippen molar-refractivity contribution in [2.45, 2.75) is 32.3 Å². The maximum atomic E-state index is 10.7. The molecule has 0 radical (unpaired) electrons. The first-order chi connectivity index (χ1) is 6.98. The van der Waals surface area contributed by atoms with Crippen LogP contribution in [0, 0.1) is 6.92 Å². The van der Waals surface area contributed by atoms with Gasteiger partial charge in [0.25, 0.3) is 0 Å². The zero-order valence-electron chi connectivity index (χ0n) is 8.91. The van der Waals surface area contributed by atoms with E-state index in [1.807, 2.05) is 32.0 Å². The molecular weight excluding hydrogens is 192 g/mol. The monoisotopic (exact) mass is 206 g/mol. The Bertz CT molecular complexity index is 411. The number of benzene rings is 1. The van der Waals surface area contributed by atoms with E-state index in [0.29, 0.717) is 6.42 Å². The molecule has 1 unspecified atom stereocenters. The van der Waals surface area contributed by atoms with Crippen molar-refractivity contribution < 1.29 is 14.6 Å². The van der Waals surface area contributed by atoms with Gasteiger partial charge in [0, 0.05) is 6.42 Å². The molecule has 15 heavy (non-hydrogen) atoms. The molecular formula is C12H14O3. The fraction of sp³-hybridized carbons (Fsp3) is 0.417. The third-order valence-corrected chi connectivity index (χ3v) is 2.67. The van der Waals surface area contributed by atoms with Crippen LogP contribution in [0.4, 0.5) is 0 Å². The Kier molecular flexibility index (Phi) is 2.18. The van der Waals surface area contributed by atoms with Gasteiger partial charge < -0.3 is 9.84 Å². The van der Waals surface area contributed by atoms with Crippen molar-refractivity contribution in [3.8, 4) is 5.75 Å². The zero-order chi connectivity index (χ0) is 11.1. The Morgan fingerprint density at radius 1 is 1.60 bits per heavy atom. The standard InChI is InChI=1S/C12H14O3/c1-8-3-4-9-6-12(2,7-11(13)14)15-10(9)5-8/h3-5H,6-7H2,1-2H3,(H,13,14). The van der Waals surface area contributed by atoms with Gasteiger partial charge in [-0.1, -0.05) is 12.1 Å². The summed E-state index contributed by atoms with van der Waals surface area (Å²) in [6.45, 7) is 3.84. The van der Waals surface area contributed by atoms with Crippen LogP contribution in [-0.2, 0) is 11.2 Å². The van der Waals surface area contributed by atoms with Crippen molar-refractivity contribution in [3.05, 3.63) is 29.3 Å². The highest BCUT2D eigenvalue weighted by atomic mass is 16.5. The van der Waals surface area contributed by atoms with Crippen molar-refractivity contribution in [1.29, 1.82) is 0 Å². The van der Waals surface area contributed by atoms with E-state index in [4.69, 9.17) is 9.84 Å². The largest absolute Gasteiger partial charge is 0.486 e. The lowest BCUT2D eigenvalue weighted by atomic mass is 9.95. The first kappa shape index (κ1) is 10.0. The van der Waals surface area contributed by atoms with Crippen LogP contribution < -0.4 is 4.74 Å². The highest BCUT2D eigenvalue weighted by Gasteiger charge is 2.36. The van der Waals surface area contributed by atoms with Crippen molar-refractivity contribution in [1.82, 2.24) is 0 Å². The number of hydrogen-bond acceptors (Lipinski definition) is 2. The summed E-state index contributed by atoms with van der Waals surface area (Å²) in [4.78, 5) is 10.7. The minimum absolute atomic E-state index is 0.0424. The Balaban J connectivity index is 2.24. The van der Waals surface area contributed by atoms with Gasteiger partial charge in [-0.2, -0.15) is 0 Å². The van der Waals surface area contributed by atoms with Crippen molar-refractivity contribution in [2.24, 2.45) is 0 Å². The molecule has 1 aliphatic heterocycles. The van der Waals surface area contributed by atoms with Gasteiger partial charge in [-0.15, -0.1) is 0 Å². The van der Waals surface area contributed by atoms with Crippen LogP contribution in [0.1, 0.15) is 24.5 Å². The first-order valence-electron chi connectivity index (χ1n) is 4.99. The Morgan fingerprint density at radius 2 is 2.33 bits per heavy atom.